The van der Waals surface area contributed by atoms with Gasteiger partial charge in [0.15, 0.2) is 25.0 Å². The molecule has 4 heterocycles. The van der Waals surface area contributed by atoms with Crippen LogP contribution in [0.2, 0.25) is 0 Å². The van der Waals surface area contributed by atoms with Crippen LogP contribution in [0.4, 0.5) is 0 Å². The predicted octanol–water partition coefficient (Wildman–Crippen LogP) is -5.71. The van der Waals surface area contributed by atoms with Crippen LogP contribution in [-0.2, 0) is 42.7 Å². The average molecular weight is 941 g/mol. The number of fused-ring (bicyclic) bond motifs is 1. The standard InChI is InChI=1S/C42H68O23/c1-15-38(65-28(48)7-4-16-2-5-18(44)6-3-16)34(54)37(57)40(59-15)58-14-27-31(51)33(53)36(56)42(64-27)62-25-12-20-23(60-39(25)17-8-21(46)29(49)22(47)9-17)10-19(45)11-24(20)61-41-35(55)32(52)30(50)26(13-43)63-41/h4,7,15-27,29-47,49-57H,2-3,5-6,8-14H2,1H3/t15-,16?,17?,18?,19?,20?,21?,22?,23?,24?,25?,26+,27+,29?,30-,31+,32-,33-,34-,35-,36-,37+,38-,39?,40+,41+,42+/m0/s1. The van der Waals surface area contributed by atoms with E-state index in [1.807, 2.05) is 0 Å². The van der Waals surface area contributed by atoms with Crippen LogP contribution in [-0.4, -0.2) is 238 Å². The molecule has 3 aliphatic carbocycles. The number of allylic oxidation sites excluding steroid dienone is 1. The lowest BCUT2D eigenvalue weighted by Crippen LogP contribution is -2.64. The van der Waals surface area contributed by atoms with E-state index in [0.717, 1.165) is 0 Å². The smallest absolute Gasteiger partial charge is 0.330 e. The number of aliphatic hydroxyl groups excluding tert-OH is 14. The molecule has 23 nitrogen and oxygen atoms in total. The van der Waals surface area contributed by atoms with Crippen molar-refractivity contribution >= 4 is 5.97 Å². The topological polar surface area (TPSA) is 374 Å². The molecule has 0 bridgehead atoms. The number of rotatable bonds is 12. The highest BCUT2D eigenvalue weighted by Gasteiger charge is 2.55. The molecule has 0 aromatic heterocycles. The Kier molecular flexibility index (Phi) is 17.3. The lowest BCUT2D eigenvalue weighted by molar-refractivity contribution is -0.352. The normalized spacial score (nSPS) is 52.2. The molecular formula is C42H68O23. The maximum atomic E-state index is 12.6. The molecular weight excluding hydrogens is 872 g/mol. The molecule has 3 saturated carbocycles. The molecule has 0 aromatic carbocycles. The summed E-state index contributed by atoms with van der Waals surface area (Å²) in [5, 5.41) is 149. The first kappa shape index (κ1) is 51.2. The highest BCUT2D eigenvalue weighted by Crippen LogP contribution is 2.45. The first-order chi connectivity index (χ1) is 30.8. The predicted molar refractivity (Wildman–Crippen MR) is 212 cm³/mol. The molecule has 4 saturated heterocycles. The van der Waals surface area contributed by atoms with Gasteiger partial charge >= 0.3 is 5.97 Å². The fourth-order valence-electron chi connectivity index (χ4n) is 10.5. The monoisotopic (exact) mass is 940 g/mol. The average Bonchev–Trinajstić information content (AvgIpc) is 3.27. The molecule has 4 aliphatic heterocycles. The number of hydrogen-bond donors (Lipinski definition) is 14. The summed E-state index contributed by atoms with van der Waals surface area (Å²) in [5.41, 5.74) is 0. The second-order valence-electron chi connectivity index (χ2n) is 18.9. The number of esters is 1. The molecule has 0 aromatic rings. The number of ether oxygens (including phenoxy) is 8. The molecule has 0 radical (unpaired) electrons. The zero-order chi connectivity index (χ0) is 47.0. The fourth-order valence-corrected chi connectivity index (χ4v) is 10.5. The molecule has 23 heteroatoms. The molecule has 0 spiro atoms. The Bertz CT molecular complexity index is 1540. The molecule has 7 rings (SSSR count). The van der Waals surface area contributed by atoms with Crippen molar-refractivity contribution in [1.82, 2.24) is 0 Å². The first-order valence-corrected chi connectivity index (χ1v) is 22.7. The van der Waals surface area contributed by atoms with Gasteiger partial charge in [-0.05, 0) is 70.1 Å². The summed E-state index contributed by atoms with van der Waals surface area (Å²) in [6, 6.07) is 0. The Morgan fingerprint density at radius 3 is 1.80 bits per heavy atom. The highest BCUT2D eigenvalue weighted by atomic mass is 16.7. The van der Waals surface area contributed by atoms with Gasteiger partial charge in [-0.25, -0.2) is 4.79 Å². The van der Waals surface area contributed by atoms with Crippen LogP contribution in [0.3, 0.4) is 0 Å². The Balaban J connectivity index is 1.02. The molecule has 7 aliphatic rings. The van der Waals surface area contributed by atoms with Gasteiger partial charge in [0, 0.05) is 18.4 Å². The van der Waals surface area contributed by atoms with Crippen LogP contribution in [0.25, 0.3) is 0 Å². The largest absolute Gasteiger partial charge is 0.454 e. The summed E-state index contributed by atoms with van der Waals surface area (Å²) in [6.45, 7) is 0.168. The molecule has 7 fully saturated rings. The summed E-state index contributed by atoms with van der Waals surface area (Å²) >= 11 is 0. The third kappa shape index (κ3) is 11.5. The van der Waals surface area contributed by atoms with Crippen molar-refractivity contribution in [2.24, 2.45) is 17.8 Å². The third-order valence-electron chi connectivity index (χ3n) is 14.3. The molecule has 23 atom stereocenters. The summed E-state index contributed by atoms with van der Waals surface area (Å²) in [6.07, 6.45) is -27.9. The van der Waals surface area contributed by atoms with Crippen LogP contribution in [0.5, 0.6) is 0 Å². The number of aliphatic hydroxyl groups is 14. The summed E-state index contributed by atoms with van der Waals surface area (Å²) in [7, 11) is 0. The Morgan fingerprint density at radius 1 is 0.585 bits per heavy atom. The fraction of sp³-hybridized carbons (Fsp3) is 0.929. The van der Waals surface area contributed by atoms with Gasteiger partial charge < -0.3 is 109 Å². The number of carbonyl (C=O) groups excluding carboxylic acids is 1. The lowest BCUT2D eigenvalue weighted by Gasteiger charge is -2.53. The summed E-state index contributed by atoms with van der Waals surface area (Å²) in [4.78, 5) is 12.6. The molecule has 14 N–H and O–H groups in total. The maximum absolute atomic E-state index is 12.6. The zero-order valence-corrected chi connectivity index (χ0v) is 36.0. The van der Waals surface area contributed by atoms with Crippen LogP contribution < -0.4 is 0 Å². The maximum Gasteiger partial charge on any atom is 0.330 e. The third-order valence-corrected chi connectivity index (χ3v) is 14.3. The highest BCUT2D eigenvalue weighted by molar-refractivity contribution is 5.82. The van der Waals surface area contributed by atoms with Gasteiger partial charge in [-0.15, -0.1) is 0 Å². The van der Waals surface area contributed by atoms with Crippen molar-refractivity contribution in [1.29, 1.82) is 0 Å². The Hall–Kier alpha value is -1.63. The van der Waals surface area contributed by atoms with Gasteiger partial charge in [0.1, 0.15) is 67.1 Å². The molecule has 8 unspecified atom stereocenters. The Morgan fingerprint density at radius 2 is 1.17 bits per heavy atom. The van der Waals surface area contributed by atoms with Gasteiger partial charge in [0.25, 0.3) is 0 Å². The van der Waals surface area contributed by atoms with E-state index in [1.54, 1.807) is 6.08 Å². The van der Waals surface area contributed by atoms with Gasteiger partial charge in [0.05, 0.1) is 68.1 Å². The van der Waals surface area contributed by atoms with Crippen molar-refractivity contribution in [2.45, 2.75) is 212 Å². The van der Waals surface area contributed by atoms with E-state index < -0.39 is 172 Å². The zero-order valence-electron chi connectivity index (χ0n) is 36.0. The van der Waals surface area contributed by atoms with Gasteiger partial charge in [-0.3, -0.25) is 0 Å². The summed E-state index contributed by atoms with van der Waals surface area (Å²) in [5.74, 6) is -2.05. The minimum Gasteiger partial charge on any atom is -0.454 e. The van der Waals surface area contributed by atoms with Crippen LogP contribution >= 0.6 is 0 Å². The van der Waals surface area contributed by atoms with E-state index in [4.69, 9.17) is 37.9 Å². The second-order valence-corrected chi connectivity index (χ2v) is 18.9. The minimum atomic E-state index is -1.89. The van der Waals surface area contributed by atoms with Crippen molar-refractivity contribution in [3.05, 3.63) is 12.2 Å². The molecule has 65 heavy (non-hydrogen) atoms. The SMILES string of the molecule is C[C@@H]1O[C@@H](OC[C@H]2O[C@@H](OC3CC4C(CC(O)CC4O[C@@H]4O[C@H](CO)[C@H](O)[C@H](O)[C@@H]4O)OC3C3CC(O)C(O)C(O)C3)[C@@H](O)[C@@H](O)[C@@H]2O)[C@H](O)[C@H](O)[C@H]1OC(=O)C=CC1CCC(O)CC1. The van der Waals surface area contributed by atoms with E-state index in [0.29, 0.717) is 25.7 Å². The van der Waals surface area contributed by atoms with Gasteiger partial charge in [-0.2, -0.15) is 0 Å². The van der Waals surface area contributed by atoms with Crippen molar-refractivity contribution in [2.75, 3.05) is 13.2 Å². The number of hydrogen-bond acceptors (Lipinski definition) is 23. The van der Waals surface area contributed by atoms with E-state index in [-0.39, 0.29) is 44.1 Å². The lowest BCUT2D eigenvalue weighted by atomic mass is 9.72. The van der Waals surface area contributed by atoms with E-state index in [1.165, 1.54) is 13.0 Å². The van der Waals surface area contributed by atoms with E-state index >= 15 is 0 Å². The van der Waals surface area contributed by atoms with Crippen LogP contribution in [0.1, 0.15) is 64.7 Å². The second kappa shape index (κ2) is 22.0. The van der Waals surface area contributed by atoms with Gasteiger partial charge in [-0.1, -0.05) is 6.08 Å². The van der Waals surface area contributed by atoms with Gasteiger partial charge in [0.2, 0.25) is 0 Å². The number of carbonyl (C=O) groups is 1. The first-order valence-electron chi connectivity index (χ1n) is 22.7. The van der Waals surface area contributed by atoms with Crippen LogP contribution in [0.15, 0.2) is 12.2 Å². The van der Waals surface area contributed by atoms with E-state index in [2.05, 4.69) is 0 Å². The van der Waals surface area contributed by atoms with E-state index in [9.17, 15) is 76.3 Å². The molecule has 0 amide bonds. The molecule has 374 valence electrons. The van der Waals surface area contributed by atoms with Crippen molar-refractivity contribution in [3.63, 3.8) is 0 Å². The quantitative estimate of drug-likeness (QED) is 0.0640. The Labute approximate surface area is 374 Å². The van der Waals surface area contributed by atoms with Crippen molar-refractivity contribution in [3.8, 4) is 0 Å². The summed E-state index contributed by atoms with van der Waals surface area (Å²) < 4.78 is 47.6. The minimum absolute atomic E-state index is 0.00587. The van der Waals surface area contributed by atoms with Crippen molar-refractivity contribution < 1.29 is 114 Å². The van der Waals surface area contributed by atoms with Crippen LogP contribution in [0, 0.1) is 17.8 Å².